The second kappa shape index (κ2) is 8.97. The van der Waals surface area contributed by atoms with Crippen LogP contribution in [-0.4, -0.2) is 23.4 Å². The first-order valence-corrected chi connectivity index (χ1v) is 9.57. The fourth-order valence-electron chi connectivity index (χ4n) is 2.69. The summed E-state index contributed by atoms with van der Waals surface area (Å²) in [7, 11) is 0. The maximum absolute atomic E-state index is 6.41. The number of furan rings is 1. The third-order valence-corrected chi connectivity index (χ3v) is 4.19. The first kappa shape index (κ1) is 20.0. The molecule has 148 valence electrons. The molecule has 0 saturated heterocycles. The average Bonchev–Trinajstić information content (AvgIpc) is 3.27. The Morgan fingerprint density at radius 2 is 1.89 bits per heavy atom. The SMILES string of the molecule is CCCOc1ccc(/C=C(\Cl)c2nnc(-c3cc(C)oc3C)o2)cc1OCC. The van der Waals surface area contributed by atoms with Crippen LogP contribution in [0.4, 0.5) is 0 Å². The molecule has 0 fully saturated rings. The largest absolute Gasteiger partial charge is 0.490 e. The number of aromatic nitrogens is 2. The van der Waals surface area contributed by atoms with E-state index >= 15 is 0 Å². The minimum absolute atomic E-state index is 0.235. The number of benzene rings is 1. The summed E-state index contributed by atoms with van der Waals surface area (Å²) >= 11 is 6.41. The Balaban J connectivity index is 1.85. The van der Waals surface area contributed by atoms with Gasteiger partial charge in [0.15, 0.2) is 11.5 Å². The van der Waals surface area contributed by atoms with Gasteiger partial charge in [-0.3, -0.25) is 0 Å². The molecule has 6 nitrogen and oxygen atoms in total. The molecule has 0 radical (unpaired) electrons. The van der Waals surface area contributed by atoms with Gasteiger partial charge >= 0.3 is 0 Å². The zero-order valence-corrected chi connectivity index (χ0v) is 17.2. The van der Waals surface area contributed by atoms with E-state index in [4.69, 9.17) is 29.9 Å². The van der Waals surface area contributed by atoms with Crippen molar-refractivity contribution in [1.82, 2.24) is 10.2 Å². The third kappa shape index (κ3) is 4.57. The van der Waals surface area contributed by atoms with Gasteiger partial charge in [0.1, 0.15) is 16.6 Å². The van der Waals surface area contributed by atoms with Crippen LogP contribution < -0.4 is 9.47 Å². The predicted molar refractivity (Wildman–Crippen MR) is 109 cm³/mol. The summed E-state index contributed by atoms with van der Waals surface area (Å²) < 4.78 is 22.6. The molecule has 7 heteroatoms. The molecular weight excluding hydrogens is 380 g/mol. The molecule has 0 aliphatic carbocycles. The first-order valence-electron chi connectivity index (χ1n) is 9.20. The van der Waals surface area contributed by atoms with Crippen LogP contribution in [0.15, 0.2) is 33.1 Å². The summed E-state index contributed by atoms with van der Waals surface area (Å²) in [5.41, 5.74) is 1.60. The molecule has 2 heterocycles. The van der Waals surface area contributed by atoms with Gasteiger partial charge in [0.05, 0.1) is 18.8 Å². The standard InChI is InChI=1S/C21H23ClN2O4/c1-5-9-26-18-8-7-15(12-19(18)25-6-2)11-17(22)21-24-23-20(28-21)16-10-13(3)27-14(16)4/h7-8,10-12H,5-6,9H2,1-4H3/b17-11-. The fourth-order valence-corrected chi connectivity index (χ4v) is 2.90. The van der Waals surface area contributed by atoms with Crippen LogP contribution >= 0.6 is 11.6 Å². The quantitative estimate of drug-likeness (QED) is 0.469. The van der Waals surface area contributed by atoms with Gasteiger partial charge in [-0.05, 0) is 57.0 Å². The molecule has 0 unspecified atom stereocenters. The predicted octanol–water partition coefficient (Wildman–Crippen LogP) is 5.87. The molecule has 0 spiro atoms. The molecule has 2 aromatic heterocycles. The van der Waals surface area contributed by atoms with Crippen molar-refractivity contribution < 1.29 is 18.3 Å². The molecule has 0 aliphatic rings. The topological polar surface area (TPSA) is 70.5 Å². The van der Waals surface area contributed by atoms with Crippen LogP contribution in [0.1, 0.15) is 43.2 Å². The fraction of sp³-hybridized carbons (Fsp3) is 0.333. The molecule has 1 aromatic carbocycles. The summed E-state index contributed by atoms with van der Waals surface area (Å²) in [6.45, 7) is 8.87. The Hall–Kier alpha value is -2.73. The zero-order valence-electron chi connectivity index (χ0n) is 16.4. The second-order valence-corrected chi connectivity index (χ2v) is 6.63. The normalized spacial score (nSPS) is 11.7. The number of hydrogen-bond donors (Lipinski definition) is 0. The van der Waals surface area contributed by atoms with Gasteiger partial charge in [0.2, 0.25) is 0 Å². The average molecular weight is 403 g/mol. The van der Waals surface area contributed by atoms with Crippen molar-refractivity contribution in [2.45, 2.75) is 34.1 Å². The third-order valence-electron chi connectivity index (χ3n) is 3.92. The lowest BCUT2D eigenvalue weighted by Crippen LogP contribution is -2.00. The van der Waals surface area contributed by atoms with E-state index in [1.165, 1.54) is 0 Å². The van der Waals surface area contributed by atoms with Crippen molar-refractivity contribution in [3.8, 4) is 23.0 Å². The molecule has 3 rings (SSSR count). The van der Waals surface area contributed by atoms with Crippen LogP contribution in [0.5, 0.6) is 11.5 Å². The van der Waals surface area contributed by atoms with Crippen molar-refractivity contribution in [2.24, 2.45) is 0 Å². The Morgan fingerprint density at radius 3 is 2.57 bits per heavy atom. The van der Waals surface area contributed by atoms with Gasteiger partial charge in [-0.1, -0.05) is 24.6 Å². The van der Waals surface area contributed by atoms with E-state index in [1.807, 2.05) is 45.0 Å². The Bertz CT molecular complexity index is 975. The lowest BCUT2D eigenvalue weighted by molar-refractivity contribution is 0.277. The highest BCUT2D eigenvalue weighted by Crippen LogP contribution is 2.32. The Morgan fingerprint density at radius 1 is 1.07 bits per heavy atom. The minimum atomic E-state index is 0.235. The van der Waals surface area contributed by atoms with Crippen LogP contribution in [-0.2, 0) is 0 Å². The van der Waals surface area contributed by atoms with Crippen molar-refractivity contribution in [2.75, 3.05) is 13.2 Å². The van der Waals surface area contributed by atoms with E-state index in [9.17, 15) is 0 Å². The van der Waals surface area contributed by atoms with Crippen LogP contribution in [0, 0.1) is 13.8 Å². The van der Waals surface area contributed by atoms with Gasteiger partial charge in [0.25, 0.3) is 11.8 Å². The molecule has 0 saturated carbocycles. The molecule has 0 bridgehead atoms. The highest BCUT2D eigenvalue weighted by Gasteiger charge is 2.16. The van der Waals surface area contributed by atoms with E-state index in [2.05, 4.69) is 17.1 Å². The number of nitrogens with zero attached hydrogens (tertiary/aromatic N) is 2. The van der Waals surface area contributed by atoms with Crippen LogP contribution in [0.25, 0.3) is 22.6 Å². The molecule has 0 atom stereocenters. The first-order chi connectivity index (χ1) is 13.5. The van der Waals surface area contributed by atoms with Crippen LogP contribution in [0.2, 0.25) is 0 Å². The molecule has 0 aliphatic heterocycles. The zero-order chi connectivity index (χ0) is 20.1. The number of ether oxygens (including phenoxy) is 2. The van der Waals surface area contributed by atoms with Crippen molar-refractivity contribution in [3.05, 3.63) is 47.2 Å². The molecule has 28 heavy (non-hydrogen) atoms. The summed E-state index contributed by atoms with van der Waals surface area (Å²) in [6.07, 6.45) is 2.67. The highest BCUT2D eigenvalue weighted by molar-refractivity contribution is 6.50. The number of halogens is 1. The lowest BCUT2D eigenvalue weighted by Gasteiger charge is -2.12. The van der Waals surface area contributed by atoms with Crippen molar-refractivity contribution >= 4 is 22.7 Å². The van der Waals surface area contributed by atoms with Gasteiger partial charge in [-0.2, -0.15) is 0 Å². The summed E-state index contributed by atoms with van der Waals surface area (Å²) in [5, 5.41) is 8.45. The van der Waals surface area contributed by atoms with E-state index in [1.54, 1.807) is 6.08 Å². The van der Waals surface area contributed by atoms with E-state index in [0.29, 0.717) is 35.6 Å². The van der Waals surface area contributed by atoms with Gasteiger partial charge in [-0.25, -0.2) is 0 Å². The maximum atomic E-state index is 6.41. The lowest BCUT2D eigenvalue weighted by atomic mass is 10.2. The number of hydrogen-bond acceptors (Lipinski definition) is 6. The summed E-state index contributed by atoms with van der Waals surface area (Å²) in [5.74, 6) is 3.49. The van der Waals surface area contributed by atoms with Gasteiger partial charge in [-0.15, -0.1) is 10.2 Å². The van der Waals surface area contributed by atoms with E-state index in [0.717, 1.165) is 29.1 Å². The smallest absolute Gasteiger partial charge is 0.259 e. The second-order valence-electron chi connectivity index (χ2n) is 6.22. The monoisotopic (exact) mass is 402 g/mol. The molecule has 3 aromatic rings. The highest BCUT2D eigenvalue weighted by atomic mass is 35.5. The summed E-state index contributed by atoms with van der Waals surface area (Å²) in [6, 6.07) is 7.50. The van der Waals surface area contributed by atoms with Crippen molar-refractivity contribution in [3.63, 3.8) is 0 Å². The number of rotatable bonds is 8. The molecule has 0 N–H and O–H groups in total. The molecule has 0 amide bonds. The van der Waals surface area contributed by atoms with Gasteiger partial charge < -0.3 is 18.3 Å². The van der Waals surface area contributed by atoms with E-state index in [-0.39, 0.29) is 5.89 Å². The number of aryl methyl sites for hydroxylation is 2. The Labute approximate surface area is 169 Å². The van der Waals surface area contributed by atoms with Crippen LogP contribution in [0.3, 0.4) is 0 Å². The minimum Gasteiger partial charge on any atom is -0.490 e. The summed E-state index contributed by atoms with van der Waals surface area (Å²) in [4.78, 5) is 0. The maximum Gasteiger partial charge on any atom is 0.259 e. The van der Waals surface area contributed by atoms with Gasteiger partial charge in [0, 0.05) is 0 Å². The molecular formula is C21H23ClN2O4. The van der Waals surface area contributed by atoms with Crippen molar-refractivity contribution in [1.29, 1.82) is 0 Å². The Kier molecular flexibility index (Phi) is 6.41. The van der Waals surface area contributed by atoms with E-state index < -0.39 is 0 Å².